The number of nitrogens with zero attached hydrogens (tertiary/aromatic N) is 2. The Kier molecular flexibility index (Phi) is 4.31. The van der Waals surface area contributed by atoms with Crippen molar-refractivity contribution in [2.24, 2.45) is 0 Å². The Balaban J connectivity index is 2.19. The molecule has 0 saturated carbocycles. The predicted molar refractivity (Wildman–Crippen MR) is 76.7 cm³/mol. The van der Waals surface area contributed by atoms with Crippen LogP contribution in [0.3, 0.4) is 0 Å². The Morgan fingerprint density at radius 1 is 1.53 bits per heavy atom. The molecule has 0 saturated heterocycles. The van der Waals surface area contributed by atoms with Crippen LogP contribution in [-0.4, -0.2) is 22.8 Å². The summed E-state index contributed by atoms with van der Waals surface area (Å²) in [4.78, 5) is 19.0. The molecule has 1 aromatic heterocycles. The van der Waals surface area contributed by atoms with Crippen LogP contribution in [0, 0.1) is 12.7 Å². The minimum Gasteiger partial charge on any atom is -0.336 e. The van der Waals surface area contributed by atoms with Crippen LogP contribution in [-0.2, 0) is 6.54 Å². The molecule has 0 fully saturated rings. The van der Waals surface area contributed by atoms with E-state index in [0.717, 1.165) is 10.6 Å². The van der Waals surface area contributed by atoms with Crippen LogP contribution in [0.25, 0.3) is 0 Å². The van der Waals surface area contributed by atoms with Crippen molar-refractivity contribution in [2.75, 3.05) is 7.05 Å². The van der Waals surface area contributed by atoms with Crippen LogP contribution >= 0.6 is 27.3 Å². The summed E-state index contributed by atoms with van der Waals surface area (Å²) in [5.74, 6) is -0.645. The first-order valence-corrected chi connectivity index (χ1v) is 7.26. The number of halogens is 2. The number of benzene rings is 1. The summed E-state index contributed by atoms with van der Waals surface area (Å²) >= 11 is 4.77. The van der Waals surface area contributed by atoms with Gasteiger partial charge in [0.05, 0.1) is 23.3 Å². The van der Waals surface area contributed by atoms with Crippen molar-refractivity contribution < 1.29 is 9.18 Å². The lowest BCUT2D eigenvalue weighted by atomic mass is 10.2. The quantitative estimate of drug-likeness (QED) is 0.853. The average Bonchev–Trinajstić information content (AvgIpc) is 2.77. The molecule has 6 heteroatoms. The van der Waals surface area contributed by atoms with E-state index in [2.05, 4.69) is 20.9 Å². The Morgan fingerprint density at radius 2 is 2.26 bits per heavy atom. The second-order valence-corrected chi connectivity index (χ2v) is 5.94. The Hall–Kier alpha value is -1.27. The molecule has 3 nitrogen and oxygen atoms in total. The molecular formula is C13H12BrFN2OS. The van der Waals surface area contributed by atoms with Crippen LogP contribution in [0.4, 0.5) is 4.39 Å². The van der Waals surface area contributed by atoms with E-state index in [9.17, 15) is 9.18 Å². The van der Waals surface area contributed by atoms with E-state index in [-0.39, 0.29) is 5.91 Å². The lowest BCUT2D eigenvalue weighted by Gasteiger charge is -2.17. The van der Waals surface area contributed by atoms with Gasteiger partial charge in [-0.05, 0) is 41.1 Å². The fourth-order valence-electron chi connectivity index (χ4n) is 1.63. The molecule has 0 spiro atoms. The lowest BCUT2D eigenvalue weighted by molar-refractivity contribution is 0.0785. The highest BCUT2D eigenvalue weighted by atomic mass is 79.9. The molecule has 1 heterocycles. The van der Waals surface area contributed by atoms with Gasteiger partial charge in [-0.1, -0.05) is 0 Å². The first-order valence-electron chi connectivity index (χ1n) is 5.58. The zero-order valence-corrected chi connectivity index (χ0v) is 12.9. The Morgan fingerprint density at radius 3 is 2.89 bits per heavy atom. The summed E-state index contributed by atoms with van der Waals surface area (Å²) in [6.45, 7) is 2.38. The molecule has 1 amide bonds. The fraction of sp³-hybridized carbons (Fsp3) is 0.231. The van der Waals surface area contributed by atoms with Gasteiger partial charge in [-0.2, -0.15) is 0 Å². The molecule has 0 aliphatic rings. The Labute approximate surface area is 123 Å². The number of hydrogen-bond donors (Lipinski definition) is 0. The largest absolute Gasteiger partial charge is 0.336 e. The summed E-state index contributed by atoms with van der Waals surface area (Å²) in [5, 5.41) is 0. The number of amides is 1. The summed E-state index contributed by atoms with van der Waals surface area (Å²) in [6, 6.07) is 4.09. The third-order valence-corrected chi connectivity index (χ3v) is 4.34. The highest BCUT2D eigenvalue weighted by molar-refractivity contribution is 9.10. The zero-order chi connectivity index (χ0) is 14.0. The van der Waals surface area contributed by atoms with E-state index in [1.165, 1.54) is 29.5 Å². The standard InChI is InChI=1S/C13H12BrFN2OS/c1-8-12(19-7-16-8)6-17(2)13(18)10-5-9(15)3-4-11(10)14/h3-5,7H,6H2,1-2H3. The van der Waals surface area contributed by atoms with Crippen LogP contribution in [0.2, 0.25) is 0 Å². The Bertz CT molecular complexity index is 614. The summed E-state index contributed by atoms with van der Waals surface area (Å²) in [6.07, 6.45) is 0. The maximum atomic E-state index is 13.2. The van der Waals surface area contributed by atoms with E-state index >= 15 is 0 Å². The van der Waals surface area contributed by atoms with Gasteiger partial charge in [-0.3, -0.25) is 4.79 Å². The molecule has 0 bridgehead atoms. The van der Waals surface area contributed by atoms with Crippen molar-refractivity contribution in [1.29, 1.82) is 0 Å². The third kappa shape index (κ3) is 3.19. The lowest BCUT2D eigenvalue weighted by Crippen LogP contribution is -2.26. The third-order valence-electron chi connectivity index (χ3n) is 2.73. The predicted octanol–water partition coefficient (Wildman–Crippen LogP) is 3.63. The molecule has 0 N–H and O–H groups in total. The second-order valence-electron chi connectivity index (χ2n) is 4.15. The molecule has 0 aliphatic heterocycles. The molecule has 100 valence electrons. The van der Waals surface area contributed by atoms with Gasteiger partial charge in [0.25, 0.3) is 5.91 Å². The highest BCUT2D eigenvalue weighted by Crippen LogP contribution is 2.21. The molecule has 0 atom stereocenters. The number of thiazole rings is 1. The summed E-state index contributed by atoms with van der Waals surface area (Å²) < 4.78 is 13.8. The number of rotatable bonds is 3. The van der Waals surface area contributed by atoms with Crippen molar-refractivity contribution in [2.45, 2.75) is 13.5 Å². The van der Waals surface area contributed by atoms with E-state index < -0.39 is 5.82 Å². The normalized spacial score (nSPS) is 10.5. The van der Waals surface area contributed by atoms with Gasteiger partial charge >= 0.3 is 0 Å². The first kappa shape index (κ1) is 14.1. The van der Waals surface area contributed by atoms with E-state index in [1.54, 1.807) is 17.5 Å². The van der Waals surface area contributed by atoms with Crippen molar-refractivity contribution in [3.8, 4) is 0 Å². The van der Waals surface area contributed by atoms with Crippen LogP contribution in [0.1, 0.15) is 20.9 Å². The number of carbonyl (C=O) groups excluding carboxylic acids is 1. The second kappa shape index (κ2) is 5.79. The number of carbonyl (C=O) groups is 1. The number of aryl methyl sites for hydroxylation is 1. The zero-order valence-electron chi connectivity index (χ0n) is 10.5. The van der Waals surface area contributed by atoms with Gasteiger partial charge < -0.3 is 4.90 Å². The summed E-state index contributed by atoms with van der Waals surface area (Å²) in [7, 11) is 1.69. The van der Waals surface area contributed by atoms with Crippen molar-refractivity contribution in [3.05, 3.63) is 50.1 Å². The molecule has 1 aromatic carbocycles. The number of aromatic nitrogens is 1. The van der Waals surface area contributed by atoms with Crippen LogP contribution in [0.15, 0.2) is 28.2 Å². The number of hydrogen-bond acceptors (Lipinski definition) is 3. The topological polar surface area (TPSA) is 33.2 Å². The molecule has 0 radical (unpaired) electrons. The maximum absolute atomic E-state index is 13.2. The molecule has 2 rings (SSSR count). The van der Waals surface area contributed by atoms with Crippen molar-refractivity contribution in [3.63, 3.8) is 0 Å². The van der Waals surface area contributed by atoms with Gasteiger partial charge in [-0.15, -0.1) is 11.3 Å². The van der Waals surface area contributed by atoms with Gasteiger partial charge in [-0.25, -0.2) is 9.37 Å². The van der Waals surface area contributed by atoms with Gasteiger partial charge in [0.2, 0.25) is 0 Å². The average molecular weight is 343 g/mol. The molecule has 0 aliphatic carbocycles. The fourth-order valence-corrected chi connectivity index (χ4v) is 2.88. The molecule has 2 aromatic rings. The van der Waals surface area contributed by atoms with E-state index in [4.69, 9.17) is 0 Å². The van der Waals surface area contributed by atoms with Gasteiger partial charge in [0.15, 0.2) is 0 Å². The monoisotopic (exact) mass is 342 g/mol. The summed E-state index contributed by atoms with van der Waals surface area (Å²) in [5.41, 5.74) is 2.99. The molecule has 0 unspecified atom stereocenters. The molecular weight excluding hydrogens is 331 g/mol. The van der Waals surface area contributed by atoms with Gasteiger partial charge in [0.1, 0.15) is 5.82 Å². The minimum atomic E-state index is -0.422. The highest BCUT2D eigenvalue weighted by Gasteiger charge is 2.17. The SMILES string of the molecule is Cc1ncsc1CN(C)C(=O)c1cc(F)ccc1Br. The first-order chi connectivity index (χ1) is 8.99. The maximum Gasteiger partial charge on any atom is 0.255 e. The van der Waals surface area contributed by atoms with Gasteiger partial charge in [0, 0.05) is 16.4 Å². The van der Waals surface area contributed by atoms with Crippen molar-refractivity contribution >= 4 is 33.2 Å². The van der Waals surface area contributed by atoms with E-state index in [0.29, 0.717) is 16.6 Å². The van der Waals surface area contributed by atoms with E-state index in [1.807, 2.05) is 6.92 Å². The minimum absolute atomic E-state index is 0.223. The van der Waals surface area contributed by atoms with Crippen molar-refractivity contribution in [1.82, 2.24) is 9.88 Å². The smallest absolute Gasteiger partial charge is 0.255 e. The molecule has 19 heavy (non-hydrogen) atoms. The van der Waals surface area contributed by atoms with Crippen LogP contribution < -0.4 is 0 Å². The van der Waals surface area contributed by atoms with Crippen LogP contribution in [0.5, 0.6) is 0 Å².